The lowest BCUT2D eigenvalue weighted by Crippen LogP contribution is -2.40. The van der Waals surface area contributed by atoms with Crippen molar-refractivity contribution in [3.63, 3.8) is 0 Å². The lowest BCUT2D eigenvalue weighted by Gasteiger charge is -2.25. The van der Waals surface area contributed by atoms with Gasteiger partial charge in [0.25, 0.3) is 0 Å². The number of hydrogen-bond acceptors (Lipinski definition) is 10. The molecule has 3 aromatic rings. The molecule has 0 radical (unpaired) electrons. The van der Waals surface area contributed by atoms with Gasteiger partial charge in [-0.2, -0.15) is 5.26 Å². The van der Waals surface area contributed by atoms with E-state index in [0.717, 1.165) is 5.56 Å². The van der Waals surface area contributed by atoms with E-state index in [2.05, 4.69) is 21.0 Å². The van der Waals surface area contributed by atoms with Crippen molar-refractivity contribution in [1.82, 2.24) is 24.4 Å². The summed E-state index contributed by atoms with van der Waals surface area (Å²) < 4.78 is 7.59. The third kappa shape index (κ3) is 5.67. The molecule has 0 saturated carbocycles. The molecule has 0 aliphatic carbocycles. The third-order valence-electron chi connectivity index (χ3n) is 6.05. The van der Waals surface area contributed by atoms with E-state index < -0.39 is 24.5 Å². The molecule has 6 N–H and O–H groups in total. The fourth-order valence-electron chi connectivity index (χ4n) is 4.16. The zero-order chi connectivity index (χ0) is 25.7. The number of nitrogens with two attached hydrogens (primary N) is 2. The summed E-state index contributed by atoms with van der Waals surface area (Å²) in [6, 6.07) is 9.27. The van der Waals surface area contributed by atoms with Gasteiger partial charge in [-0.3, -0.25) is 14.3 Å². The summed E-state index contributed by atoms with van der Waals surface area (Å²) in [6.45, 7) is 1.34. The Bertz CT molecular complexity index is 1270. The maximum absolute atomic E-state index is 11.2. The van der Waals surface area contributed by atoms with Crippen LogP contribution in [0.15, 0.2) is 43.0 Å². The summed E-state index contributed by atoms with van der Waals surface area (Å²) in [4.78, 5) is 25.5. The minimum atomic E-state index is -1.22. The highest BCUT2D eigenvalue weighted by Crippen LogP contribution is 2.32. The molecule has 12 heteroatoms. The van der Waals surface area contributed by atoms with Crippen LogP contribution >= 0.6 is 0 Å². The average Bonchev–Trinajstić information content (AvgIpc) is 3.41. The van der Waals surface area contributed by atoms with Gasteiger partial charge in [0.1, 0.15) is 30.2 Å². The highest BCUT2D eigenvalue weighted by molar-refractivity contribution is 5.81. The first kappa shape index (κ1) is 25.2. The van der Waals surface area contributed by atoms with Crippen molar-refractivity contribution < 1.29 is 19.7 Å². The van der Waals surface area contributed by atoms with E-state index in [1.807, 2.05) is 29.2 Å². The lowest BCUT2D eigenvalue weighted by atomic mass is 10.1. The highest BCUT2D eigenvalue weighted by Gasteiger charge is 2.44. The Balaban J connectivity index is 1.46. The van der Waals surface area contributed by atoms with Gasteiger partial charge in [0.05, 0.1) is 18.0 Å². The molecule has 3 heterocycles. The van der Waals surface area contributed by atoms with Crippen LogP contribution in [0.1, 0.15) is 30.2 Å². The monoisotopic (exact) mass is 492 g/mol. The number of aliphatic hydroxyl groups excluding tert-OH is 2. The van der Waals surface area contributed by atoms with Crippen molar-refractivity contribution in [3.8, 4) is 6.07 Å². The van der Waals surface area contributed by atoms with Gasteiger partial charge < -0.3 is 26.4 Å². The first-order valence-corrected chi connectivity index (χ1v) is 11.5. The zero-order valence-corrected chi connectivity index (χ0v) is 19.5. The minimum absolute atomic E-state index is 0.206. The zero-order valence-electron chi connectivity index (χ0n) is 19.5. The summed E-state index contributed by atoms with van der Waals surface area (Å²) in [5, 5.41) is 30.4. The minimum Gasteiger partial charge on any atom is -0.387 e. The second-order valence-corrected chi connectivity index (χ2v) is 8.59. The molecule has 0 spiro atoms. The first-order valence-electron chi connectivity index (χ1n) is 11.5. The number of nitrogens with zero attached hydrogens (tertiary/aromatic N) is 6. The van der Waals surface area contributed by atoms with Crippen LogP contribution in [0.25, 0.3) is 17.2 Å². The largest absolute Gasteiger partial charge is 0.387 e. The summed E-state index contributed by atoms with van der Waals surface area (Å²) >= 11 is 0. The first-order chi connectivity index (χ1) is 17.4. The Labute approximate surface area is 207 Å². The molecule has 1 saturated heterocycles. The molecule has 1 aromatic carbocycles. The number of nitriles is 1. The SMILES string of the molecule is N#Cc1ccc(/C=C/CN(CCCC(N)=O)C[C@H]2O[C@@H](n3cnc4c(N)ncnc43)[C@H](O)[C@@H]2O)cc1. The van der Waals surface area contributed by atoms with E-state index in [0.29, 0.717) is 42.8 Å². The topological polar surface area (TPSA) is 189 Å². The Morgan fingerprint density at radius 2 is 2.00 bits per heavy atom. The summed E-state index contributed by atoms with van der Waals surface area (Å²) in [6.07, 6.45) is 3.39. The van der Waals surface area contributed by atoms with Gasteiger partial charge in [-0.05, 0) is 30.7 Å². The highest BCUT2D eigenvalue weighted by atomic mass is 16.6. The van der Waals surface area contributed by atoms with Gasteiger partial charge in [0.2, 0.25) is 5.91 Å². The van der Waals surface area contributed by atoms with Crippen molar-refractivity contribution in [2.75, 3.05) is 25.4 Å². The van der Waals surface area contributed by atoms with Gasteiger partial charge in [0, 0.05) is 19.5 Å². The van der Waals surface area contributed by atoms with Crippen LogP contribution in [0.4, 0.5) is 5.82 Å². The van der Waals surface area contributed by atoms with Crippen LogP contribution in [0.3, 0.4) is 0 Å². The third-order valence-corrected chi connectivity index (χ3v) is 6.05. The van der Waals surface area contributed by atoms with E-state index in [-0.39, 0.29) is 18.1 Å². The number of fused-ring (bicyclic) bond motifs is 1. The van der Waals surface area contributed by atoms with Crippen LogP contribution in [0, 0.1) is 11.3 Å². The van der Waals surface area contributed by atoms with Gasteiger partial charge in [-0.1, -0.05) is 24.3 Å². The number of ether oxygens (including phenoxy) is 1. The van der Waals surface area contributed by atoms with Crippen molar-refractivity contribution in [2.45, 2.75) is 37.4 Å². The summed E-state index contributed by atoms with van der Waals surface area (Å²) in [5.74, 6) is -0.179. The Hall–Kier alpha value is -3.89. The van der Waals surface area contributed by atoms with Gasteiger partial charge in [-0.25, -0.2) is 15.0 Å². The molecule has 12 nitrogen and oxygen atoms in total. The van der Waals surface area contributed by atoms with E-state index in [9.17, 15) is 15.0 Å². The molecular formula is C24H28N8O4. The molecular weight excluding hydrogens is 464 g/mol. The standard InChI is InChI=1S/C24H28N8O4/c25-11-16-7-5-15(6-8-16)3-1-9-31(10-2-4-18(26)33)12-17-20(34)21(35)24(36-17)32-14-30-19-22(27)28-13-29-23(19)32/h1,3,5-8,13-14,17,20-21,24,34-35H,2,4,9-10,12H2,(H2,26,33)(H2,27,28,29)/b3-1+/t17-,20-,21-,24-/m1/s1. The number of rotatable bonds is 10. The van der Waals surface area contributed by atoms with Crippen LogP contribution in [-0.2, 0) is 9.53 Å². The van der Waals surface area contributed by atoms with Gasteiger partial charge >= 0.3 is 0 Å². The lowest BCUT2D eigenvalue weighted by molar-refractivity contribution is -0.118. The second kappa shape index (κ2) is 11.2. The number of carbonyl (C=O) groups is 1. The molecule has 1 fully saturated rings. The molecule has 0 unspecified atom stereocenters. The second-order valence-electron chi connectivity index (χ2n) is 8.59. The predicted octanol–water partition coefficient (Wildman–Crippen LogP) is 0.180. The molecule has 1 aliphatic heterocycles. The summed E-state index contributed by atoms with van der Waals surface area (Å²) in [5.41, 5.74) is 13.4. The number of carbonyl (C=O) groups excluding carboxylic acids is 1. The fraction of sp³-hybridized carbons (Fsp3) is 0.375. The van der Waals surface area contributed by atoms with Crippen LogP contribution < -0.4 is 11.5 Å². The number of anilines is 1. The fourth-order valence-corrected chi connectivity index (χ4v) is 4.16. The van der Waals surface area contributed by atoms with Crippen LogP contribution in [0.2, 0.25) is 0 Å². The molecule has 2 aromatic heterocycles. The smallest absolute Gasteiger partial charge is 0.217 e. The number of primary amides is 1. The molecule has 0 bridgehead atoms. The number of nitrogen functional groups attached to an aromatic ring is 1. The number of imidazole rings is 1. The van der Waals surface area contributed by atoms with Gasteiger partial charge in [-0.15, -0.1) is 0 Å². The van der Waals surface area contributed by atoms with Crippen molar-refractivity contribution >= 4 is 29.0 Å². The quantitative estimate of drug-likeness (QED) is 0.304. The molecule has 4 rings (SSSR count). The number of hydrogen-bond donors (Lipinski definition) is 4. The Morgan fingerprint density at radius 3 is 2.72 bits per heavy atom. The van der Waals surface area contributed by atoms with E-state index >= 15 is 0 Å². The number of aromatic nitrogens is 4. The van der Waals surface area contributed by atoms with Crippen LogP contribution in [0.5, 0.6) is 0 Å². The molecule has 4 atom stereocenters. The van der Waals surface area contributed by atoms with Crippen molar-refractivity contribution in [2.24, 2.45) is 5.73 Å². The van der Waals surface area contributed by atoms with E-state index in [1.165, 1.54) is 17.2 Å². The Morgan fingerprint density at radius 1 is 1.22 bits per heavy atom. The number of amides is 1. The van der Waals surface area contributed by atoms with E-state index in [1.54, 1.807) is 12.1 Å². The van der Waals surface area contributed by atoms with E-state index in [4.69, 9.17) is 21.5 Å². The molecule has 1 amide bonds. The molecule has 1 aliphatic rings. The Kier molecular flexibility index (Phi) is 7.87. The average molecular weight is 493 g/mol. The summed E-state index contributed by atoms with van der Waals surface area (Å²) in [7, 11) is 0. The van der Waals surface area contributed by atoms with Crippen molar-refractivity contribution in [1.29, 1.82) is 5.26 Å². The maximum Gasteiger partial charge on any atom is 0.217 e. The van der Waals surface area contributed by atoms with Crippen molar-refractivity contribution in [3.05, 3.63) is 54.1 Å². The number of aliphatic hydroxyl groups is 2. The van der Waals surface area contributed by atoms with Crippen LogP contribution in [-0.4, -0.2) is 78.5 Å². The molecule has 188 valence electrons. The molecule has 36 heavy (non-hydrogen) atoms. The predicted molar refractivity (Wildman–Crippen MR) is 131 cm³/mol. The van der Waals surface area contributed by atoms with Gasteiger partial charge in [0.15, 0.2) is 17.7 Å². The normalized spacial score (nSPS) is 21.9. The number of benzene rings is 1. The maximum atomic E-state index is 11.2.